The van der Waals surface area contributed by atoms with Crippen molar-refractivity contribution >= 4 is 50.7 Å². The third-order valence-corrected chi connectivity index (χ3v) is 4.19. The van der Waals surface area contributed by atoms with E-state index in [1.54, 1.807) is 18.2 Å². The molecule has 1 amide bonds. The minimum absolute atomic E-state index is 0.283. The number of anilines is 1. The van der Waals surface area contributed by atoms with Crippen LogP contribution in [0, 0.1) is 6.92 Å². The van der Waals surface area contributed by atoms with Crippen LogP contribution in [0.3, 0.4) is 0 Å². The quantitative estimate of drug-likeness (QED) is 0.773. The lowest BCUT2D eigenvalue weighted by atomic mass is 10.1. The van der Waals surface area contributed by atoms with Gasteiger partial charge in [-0.15, -0.1) is 0 Å². The van der Waals surface area contributed by atoms with Crippen LogP contribution in [-0.4, -0.2) is 5.91 Å². The van der Waals surface area contributed by atoms with Crippen LogP contribution < -0.4 is 5.32 Å². The number of hydrogen-bond acceptors (Lipinski definition) is 1. The molecule has 19 heavy (non-hydrogen) atoms. The van der Waals surface area contributed by atoms with Crippen LogP contribution in [0.2, 0.25) is 10.0 Å². The second-order valence-electron chi connectivity index (χ2n) is 3.96. The van der Waals surface area contributed by atoms with Crippen LogP contribution in [0.5, 0.6) is 0 Å². The van der Waals surface area contributed by atoms with Crippen molar-refractivity contribution in [2.45, 2.75) is 6.92 Å². The van der Waals surface area contributed by atoms with E-state index in [1.807, 2.05) is 25.1 Å². The van der Waals surface area contributed by atoms with E-state index in [1.165, 1.54) is 0 Å². The molecule has 0 saturated heterocycles. The zero-order valence-corrected chi connectivity index (χ0v) is 13.1. The van der Waals surface area contributed by atoms with E-state index in [2.05, 4.69) is 21.2 Å². The van der Waals surface area contributed by atoms with E-state index in [4.69, 9.17) is 23.2 Å². The van der Waals surface area contributed by atoms with Gasteiger partial charge >= 0.3 is 0 Å². The molecule has 0 saturated carbocycles. The first kappa shape index (κ1) is 14.4. The summed E-state index contributed by atoms with van der Waals surface area (Å²) in [6.07, 6.45) is 0. The van der Waals surface area contributed by atoms with Crippen molar-refractivity contribution in [3.8, 4) is 0 Å². The predicted molar refractivity (Wildman–Crippen MR) is 83.3 cm³/mol. The zero-order chi connectivity index (χ0) is 14.0. The van der Waals surface area contributed by atoms with Gasteiger partial charge in [-0.3, -0.25) is 4.79 Å². The summed E-state index contributed by atoms with van der Waals surface area (Å²) in [7, 11) is 0. The molecule has 1 N–H and O–H groups in total. The van der Waals surface area contributed by atoms with E-state index in [-0.39, 0.29) is 11.5 Å². The average molecular weight is 359 g/mol. The minimum atomic E-state index is -0.322. The highest BCUT2D eigenvalue weighted by Crippen LogP contribution is 2.27. The molecule has 0 spiro atoms. The molecule has 5 heteroatoms. The highest BCUT2D eigenvalue weighted by atomic mass is 79.9. The Kier molecular flexibility index (Phi) is 4.50. The number of rotatable bonds is 2. The fraction of sp³-hybridized carbons (Fsp3) is 0.0714. The first-order valence-corrected chi connectivity index (χ1v) is 7.06. The topological polar surface area (TPSA) is 29.1 Å². The molecule has 0 heterocycles. The number of hydrogen-bond donors (Lipinski definition) is 1. The van der Waals surface area contributed by atoms with Gasteiger partial charge in [0.25, 0.3) is 5.91 Å². The number of carbonyl (C=O) groups excluding carboxylic acids is 1. The van der Waals surface area contributed by atoms with Crippen molar-refractivity contribution < 1.29 is 4.79 Å². The van der Waals surface area contributed by atoms with Crippen LogP contribution >= 0.6 is 39.1 Å². The van der Waals surface area contributed by atoms with Gasteiger partial charge in [0, 0.05) is 10.2 Å². The molecule has 98 valence electrons. The highest BCUT2D eigenvalue weighted by molar-refractivity contribution is 9.10. The van der Waals surface area contributed by atoms with E-state index in [9.17, 15) is 4.79 Å². The number of nitrogens with one attached hydrogen (secondary N) is 1. The molecule has 0 aliphatic carbocycles. The molecule has 2 aromatic carbocycles. The van der Waals surface area contributed by atoms with Gasteiger partial charge in [-0.05, 0) is 36.8 Å². The normalized spacial score (nSPS) is 10.3. The van der Waals surface area contributed by atoms with E-state index < -0.39 is 0 Å². The van der Waals surface area contributed by atoms with Gasteiger partial charge < -0.3 is 5.32 Å². The van der Waals surface area contributed by atoms with Crippen LogP contribution in [0.4, 0.5) is 5.69 Å². The lowest BCUT2D eigenvalue weighted by molar-refractivity contribution is 0.102. The van der Waals surface area contributed by atoms with Gasteiger partial charge in [-0.1, -0.05) is 51.3 Å². The van der Waals surface area contributed by atoms with E-state index >= 15 is 0 Å². The molecule has 0 bridgehead atoms. The SMILES string of the molecule is Cc1c(Br)cccc1NC(=O)c1c(Cl)cccc1Cl. The van der Waals surface area contributed by atoms with Gasteiger partial charge in [0.05, 0.1) is 15.6 Å². The molecule has 0 aliphatic heterocycles. The largest absolute Gasteiger partial charge is 0.322 e. The van der Waals surface area contributed by atoms with Crippen LogP contribution in [0.1, 0.15) is 15.9 Å². The van der Waals surface area contributed by atoms with E-state index in [0.29, 0.717) is 10.0 Å². The van der Waals surface area contributed by atoms with Crippen molar-refractivity contribution in [1.29, 1.82) is 0 Å². The molecule has 0 fully saturated rings. The molecule has 0 unspecified atom stereocenters. The van der Waals surface area contributed by atoms with Crippen molar-refractivity contribution in [2.75, 3.05) is 5.32 Å². The fourth-order valence-electron chi connectivity index (χ4n) is 1.64. The third kappa shape index (κ3) is 3.11. The number of benzene rings is 2. The maximum absolute atomic E-state index is 12.2. The summed E-state index contributed by atoms with van der Waals surface area (Å²) in [5.41, 5.74) is 1.94. The molecule has 0 aromatic heterocycles. The smallest absolute Gasteiger partial charge is 0.258 e. The van der Waals surface area contributed by atoms with Crippen LogP contribution in [0.15, 0.2) is 40.9 Å². The first-order chi connectivity index (χ1) is 9.00. The standard InChI is InChI=1S/C14H10BrCl2NO/c1-8-9(15)4-2-7-12(8)18-14(19)13-10(16)5-3-6-11(13)17/h2-7H,1H3,(H,18,19). The average Bonchev–Trinajstić information content (AvgIpc) is 2.35. The molecule has 0 aliphatic rings. The molecule has 2 nitrogen and oxygen atoms in total. The lowest BCUT2D eigenvalue weighted by Gasteiger charge is -2.11. The van der Waals surface area contributed by atoms with Gasteiger partial charge in [0.1, 0.15) is 0 Å². The van der Waals surface area contributed by atoms with Gasteiger partial charge in [-0.2, -0.15) is 0 Å². The zero-order valence-electron chi connectivity index (χ0n) is 10.0. The summed E-state index contributed by atoms with van der Waals surface area (Å²) in [6, 6.07) is 10.6. The Labute approximate surface area is 129 Å². The van der Waals surface area contributed by atoms with Crippen LogP contribution in [-0.2, 0) is 0 Å². The second kappa shape index (κ2) is 5.95. The summed E-state index contributed by atoms with van der Waals surface area (Å²) in [5.74, 6) is -0.322. The Hall–Kier alpha value is -1.03. The molecular weight excluding hydrogens is 349 g/mol. The van der Waals surface area contributed by atoms with Gasteiger partial charge in [0.15, 0.2) is 0 Å². The summed E-state index contributed by atoms with van der Waals surface area (Å²) < 4.78 is 0.926. The van der Waals surface area contributed by atoms with Gasteiger partial charge in [0.2, 0.25) is 0 Å². The Morgan fingerprint density at radius 1 is 1.11 bits per heavy atom. The molecular formula is C14H10BrCl2NO. The highest BCUT2D eigenvalue weighted by Gasteiger charge is 2.15. The second-order valence-corrected chi connectivity index (χ2v) is 5.63. The summed E-state index contributed by atoms with van der Waals surface area (Å²) >= 11 is 15.4. The van der Waals surface area contributed by atoms with Crippen molar-refractivity contribution in [3.63, 3.8) is 0 Å². The molecule has 0 radical (unpaired) electrons. The van der Waals surface area contributed by atoms with Crippen molar-refractivity contribution in [3.05, 3.63) is 62.0 Å². The van der Waals surface area contributed by atoms with Crippen molar-refractivity contribution in [1.82, 2.24) is 0 Å². The minimum Gasteiger partial charge on any atom is -0.322 e. The third-order valence-electron chi connectivity index (χ3n) is 2.71. The lowest BCUT2D eigenvalue weighted by Crippen LogP contribution is -2.14. The molecule has 2 rings (SSSR count). The summed E-state index contributed by atoms with van der Waals surface area (Å²) in [5, 5.41) is 3.47. The number of carbonyl (C=O) groups is 1. The van der Waals surface area contributed by atoms with Gasteiger partial charge in [-0.25, -0.2) is 0 Å². The Balaban J connectivity index is 2.34. The predicted octanol–water partition coefficient (Wildman–Crippen LogP) is 5.32. The van der Waals surface area contributed by atoms with E-state index in [0.717, 1.165) is 15.7 Å². The van der Waals surface area contributed by atoms with Crippen molar-refractivity contribution in [2.24, 2.45) is 0 Å². The Bertz CT molecular complexity index is 623. The summed E-state index contributed by atoms with van der Waals surface area (Å²) in [4.78, 5) is 12.2. The Morgan fingerprint density at radius 2 is 1.68 bits per heavy atom. The van der Waals surface area contributed by atoms with Crippen LogP contribution in [0.25, 0.3) is 0 Å². The maximum atomic E-state index is 12.2. The first-order valence-electron chi connectivity index (χ1n) is 5.51. The summed E-state index contributed by atoms with van der Waals surface area (Å²) in [6.45, 7) is 1.91. The number of halogens is 3. The number of amides is 1. The fourth-order valence-corrected chi connectivity index (χ4v) is 2.58. The maximum Gasteiger partial charge on any atom is 0.258 e. The molecule has 2 aromatic rings. The monoisotopic (exact) mass is 357 g/mol. The Morgan fingerprint density at radius 3 is 2.32 bits per heavy atom. The molecule has 0 atom stereocenters.